The molecule has 0 aliphatic carbocycles. The SMILES string of the molecule is Cc1ccc(-c2cc(C(C)(C)C)c3ncc(N4CCOC(CNS(C)(=O)=O)C4)cc3c2)c(=O)[nH]1. The summed E-state index contributed by atoms with van der Waals surface area (Å²) in [7, 11) is -3.28. The highest BCUT2D eigenvalue weighted by Crippen LogP contribution is 2.34. The van der Waals surface area contributed by atoms with Crippen molar-refractivity contribution in [2.45, 2.75) is 39.2 Å². The van der Waals surface area contributed by atoms with Crippen molar-refractivity contribution >= 4 is 26.6 Å². The van der Waals surface area contributed by atoms with Gasteiger partial charge in [0.2, 0.25) is 10.0 Å². The van der Waals surface area contributed by atoms with Gasteiger partial charge in [0, 0.05) is 36.3 Å². The number of rotatable bonds is 5. The molecule has 2 N–H and O–H groups in total. The van der Waals surface area contributed by atoms with Crippen LogP contribution in [-0.2, 0) is 20.2 Å². The number of aromatic amines is 1. The van der Waals surface area contributed by atoms with Crippen molar-refractivity contribution in [3.8, 4) is 11.1 Å². The number of hydrogen-bond acceptors (Lipinski definition) is 6. The summed E-state index contributed by atoms with van der Waals surface area (Å²) in [5, 5.41) is 0.956. The average Bonchev–Trinajstić information content (AvgIpc) is 2.75. The second-order valence-corrected chi connectivity index (χ2v) is 11.8. The van der Waals surface area contributed by atoms with E-state index in [1.807, 2.05) is 31.3 Å². The minimum absolute atomic E-state index is 0.113. The number of aryl methyl sites for hydroxylation is 1. The molecule has 0 spiro atoms. The van der Waals surface area contributed by atoms with Gasteiger partial charge in [-0.05, 0) is 53.8 Å². The van der Waals surface area contributed by atoms with E-state index in [2.05, 4.69) is 47.5 Å². The molecule has 0 saturated carbocycles. The summed E-state index contributed by atoms with van der Waals surface area (Å²) in [6, 6.07) is 9.95. The van der Waals surface area contributed by atoms with Gasteiger partial charge in [0.25, 0.3) is 5.56 Å². The Morgan fingerprint density at radius 2 is 2.00 bits per heavy atom. The number of aromatic nitrogens is 2. The number of hydrogen-bond donors (Lipinski definition) is 2. The van der Waals surface area contributed by atoms with Crippen LogP contribution in [0, 0.1) is 6.92 Å². The Labute approximate surface area is 200 Å². The van der Waals surface area contributed by atoms with Gasteiger partial charge in [-0.25, -0.2) is 13.1 Å². The number of fused-ring (bicyclic) bond motifs is 1. The average molecular weight is 485 g/mol. The van der Waals surface area contributed by atoms with Crippen LogP contribution in [-0.4, -0.2) is 57.0 Å². The lowest BCUT2D eigenvalue weighted by atomic mass is 9.83. The molecule has 3 aromatic rings. The standard InChI is InChI=1S/C25H32N4O4S/c1-16-6-7-21(24(30)28-16)17-10-18-11-19(13-26-23(18)22(12-17)25(2,3)4)29-8-9-33-20(15-29)14-27-34(5,31)32/h6-7,10-13,20,27H,8-9,14-15H2,1-5H3,(H,28,30). The van der Waals surface area contributed by atoms with Gasteiger partial charge < -0.3 is 14.6 Å². The first-order valence-electron chi connectivity index (χ1n) is 11.4. The largest absolute Gasteiger partial charge is 0.373 e. The van der Waals surface area contributed by atoms with Crippen molar-refractivity contribution in [2.24, 2.45) is 0 Å². The maximum atomic E-state index is 12.7. The second kappa shape index (κ2) is 9.13. The molecule has 1 aliphatic heterocycles. The topological polar surface area (TPSA) is 104 Å². The molecule has 182 valence electrons. The number of benzene rings is 1. The number of morpholine rings is 1. The van der Waals surface area contributed by atoms with E-state index < -0.39 is 10.0 Å². The quantitative estimate of drug-likeness (QED) is 0.577. The Hall–Kier alpha value is -2.75. The van der Waals surface area contributed by atoms with Crippen LogP contribution in [0.1, 0.15) is 32.0 Å². The first kappa shape index (κ1) is 24.4. The van der Waals surface area contributed by atoms with Gasteiger partial charge >= 0.3 is 0 Å². The number of ether oxygens (including phenoxy) is 1. The van der Waals surface area contributed by atoms with E-state index in [9.17, 15) is 13.2 Å². The molecular formula is C25H32N4O4S. The number of sulfonamides is 1. The van der Waals surface area contributed by atoms with Crippen molar-refractivity contribution in [1.29, 1.82) is 0 Å². The molecule has 3 heterocycles. The predicted molar refractivity (Wildman–Crippen MR) is 136 cm³/mol. The summed E-state index contributed by atoms with van der Waals surface area (Å²) in [5.41, 5.74) is 4.95. The zero-order chi connectivity index (χ0) is 24.7. The van der Waals surface area contributed by atoms with Crippen molar-refractivity contribution in [3.05, 3.63) is 58.1 Å². The van der Waals surface area contributed by atoms with Gasteiger partial charge in [-0.1, -0.05) is 20.8 Å². The van der Waals surface area contributed by atoms with Gasteiger partial charge in [-0.2, -0.15) is 0 Å². The molecular weight excluding hydrogens is 452 g/mol. The summed E-state index contributed by atoms with van der Waals surface area (Å²) in [5.74, 6) is 0. The molecule has 4 rings (SSSR count). The van der Waals surface area contributed by atoms with Crippen molar-refractivity contribution < 1.29 is 13.2 Å². The molecule has 1 fully saturated rings. The van der Waals surface area contributed by atoms with Gasteiger partial charge in [-0.3, -0.25) is 9.78 Å². The van der Waals surface area contributed by atoms with E-state index in [-0.39, 0.29) is 23.6 Å². The molecule has 0 amide bonds. The van der Waals surface area contributed by atoms with E-state index >= 15 is 0 Å². The zero-order valence-electron chi connectivity index (χ0n) is 20.3. The normalized spacial score (nSPS) is 17.3. The maximum absolute atomic E-state index is 12.7. The van der Waals surface area contributed by atoms with Crippen LogP contribution < -0.4 is 15.2 Å². The third-order valence-electron chi connectivity index (χ3n) is 6.02. The van der Waals surface area contributed by atoms with E-state index in [4.69, 9.17) is 9.72 Å². The Bertz CT molecular complexity index is 1380. The smallest absolute Gasteiger partial charge is 0.256 e. The van der Waals surface area contributed by atoms with Gasteiger partial charge in [0.05, 0.1) is 36.4 Å². The lowest BCUT2D eigenvalue weighted by Crippen LogP contribution is -2.47. The van der Waals surface area contributed by atoms with E-state index in [0.29, 0.717) is 25.3 Å². The lowest BCUT2D eigenvalue weighted by molar-refractivity contribution is 0.0442. The lowest BCUT2D eigenvalue weighted by Gasteiger charge is -2.34. The maximum Gasteiger partial charge on any atom is 0.256 e. The van der Waals surface area contributed by atoms with Crippen LogP contribution in [0.3, 0.4) is 0 Å². The van der Waals surface area contributed by atoms with Gasteiger partial charge in [0.15, 0.2) is 0 Å². The molecule has 0 bridgehead atoms. The molecule has 2 aromatic heterocycles. The Balaban J connectivity index is 1.74. The van der Waals surface area contributed by atoms with Crippen LogP contribution in [0.4, 0.5) is 5.69 Å². The fourth-order valence-corrected chi connectivity index (χ4v) is 4.75. The highest BCUT2D eigenvalue weighted by molar-refractivity contribution is 7.88. The monoisotopic (exact) mass is 484 g/mol. The van der Waals surface area contributed by atoms with Gasteiger partial charge in [0.1, 0.15) is 0 Å². The van der Waals surface area contributed by atoms with E-state index in [1.165, 1.54) is 0 Å². The van der Waals surface area contributed by atoms with Crippen molar-refractivity contribution in [2.75, 3.05) is 37.4 Å². The fraction of sp³-hybridized carbons (Fsp3) is 0.440. The Morgan fingerprint density at radius 1 is 1.24 bits per heavy atom. The van der Waals surface area contributed by atoms with Crippen molar-refractivity contribution in [3.63, 3.8) is 0 Å². The molecule has 1 aromatic carbocycles. The fourth-order valence-electron chi connectivity index (χ4n) is 4.26. The third-order valence-corrected chi connectivity index (χ3v) is 6.71. The minimum Gasteiger partial charge on any atom is -0.373 e. The zero-order valence-corrected chi connectivity index (χ0v) is 21.1. The molecule has 1 atom stereocenters. The highest BCUT2D eigenvalue weighted by atomic mass is 32.2. The number of anilines is 1. The van der Waals surface area contributed by atoms with Crippen LogP contribution in [0.15, 0.2) is 41.3 Å². The number of H-pyrrole nitrogens is 1. The minimum atomic E-state index is -3.28. The first-order chi connectivity index (χ1) is 15.9. The van der Waals surface area contributed by atoms with Crippen LogP contribution in [0.2, 0.25) is 0 Å². The van der Waals surface area contributed by atoms with Gasteiger partial charge in [-0.15, -0.1) is 0 Å². The molecule has 0 radical (unpaired) electrons. The highest BCUT2D eigenvalue weighted by Gasteiger charge is 2.24. The summed E-state index contributed by atoms with van der Waals surface area (Å²) in [4.78, 5) is 22.6. The molecule has 1 unspecified atom stereocenters. The summed E-state index contributed by atoms with van der Waals surface area (Å²) >= 11 is 0. The molecule has 1 aliphatic rings. The Morgan fingerprint density at radius 3 is 2.68 bits per heavy atom. The third kappa shape index (κ3) is 5.48. The van der Waals surface area contributed by atoms with E-state index in [0.717, 1.165) is 39.7 Å². The summed E-state index contributed by atoms with van der Waals surface area (Å²) in [6.07, 6.45) is 2.76. The van der Waals surface area contributed by atoms with Crippen molar-refractivity contribution in [1.82, 2.24) is 14.7 Å². The second-order valence-electron chi connectivity index (χ2n) is 9.98. The molecule has 34 heavy (non-hydrogen) atoms. The van der Waals surface area contributed by atoms with Crippen LogP contribution >= 0.6 is 0 Å². The summed E-state index contributed by atoms with van der Waals surface area (Å²) in [6.45, 7) is 10.3. The molecule has 9 heteroatoms. The predicted octanol–water partition coefficient (Wildman–Crippen LogP) is 2.95. The number of nitrogens with one attached hydrogen (secondary N) is 2. The van der Waals surface area contributed by atoms with E-state index in [1.54, 1.807) is 0 Å². The summed E-state index contributed by atoms with van der Waals surface area (Å²) < 4.78 is 31.2. The molecule has 8 nitrogen and oxygen atoms in total. The Kier molecular flexibility index (Phi) is 6.54. The first-order valence-corrected chi connectivity index (χ1v) is 13.3. The number of nitrogens with zero attached hydrogens (tertiary/aromatic N) is 2. The molecule has 1 saturated heterocycles. The number of pyridine rings is 2. The van der Waals surface area contributed by atoms with Crippen LogP contribution in [0.5, 0.6) is 0 Å². The van der Waals surface area contributed by atoms with Crippen LogP contribution in [0.25, 0.3) is 22.0 Å².